The second-order valence-corrected chi connectivity index (χ2v) is 6.11. The predicted molar refractivity (Wildman–Crippen MR) is 72.1 cm³/mol. The van der Waals surface area contributed by atoms with Crippen LogP contribution in [0, 0.1) is 0 Å². The van der Waals surface area contributed by atoms with E-state index in [2.05, 4.69) is 25.8 Å². The number of nitrogens with zero attached hydrogens (tertiary/aromatic N) is 1. The average Bonchev–Trinajstić information content (AvgIpc) is 2.29. The lowest BCUT2D eigenvalue weighted by Crippen LogP contribution is -2.55. The Morgan fingerprint density at radius 3 is 2.50 bits per heavy atom. The van der Waals surface area contributed by atoms with E-state index in [-0.39, 0.29) is 5.54 Å². The van der Waals surface area contributed by atoms with Crippen LogP contribution in [0.5, 0.6) is 0 Å². The van der Waals surface area contributed by atoms with Crippen LogP contribution in [0.4, 0.5) is 0 Å². The first-order chi connectivity index (χ1) is 7.60. The van der Waals surface area contributed by atoms with Gasteiger partial charge < -0.3 is 10.5 Å². The molecule has 0 aliphatic carbocycles. The number of likely N-dealkylation sites (N-methyl/N-ethyl adjacent to an activating group) is 1. The summed E-state index contributed by atoms with van der Waals surface area (Å²) in [5.74, 6) is 2.49. The lowest BCUT2D eigenvalue weighted by Gasteiger charge is -2.43. The number of hydrogen-bond acceptors (Lipinski definition) is 4. The zero-order valence-electron chi connectivity index (χ0n) is 10.9. The molecule has 1 fully saturated rings. The maximum Gasteiger partial charge on any atom is 0.0597 e. The minimum absolute atomic E-state index is 0.228. The van der Waals surface area contributed by atoms with Gasteiger partial charge in [0.15, 0.2) is 0 Å². The van der Waals surface area contributed by atoms with Gasteiger partial charge in [0.05, 0.1) is 12.7 Å². The molecule has 1 rings (SSSR count). The minimum Gasteiger partial charge on any atom is -0.377 e. The highest BCUT2D eigenvalue weighted by atomic mass is 32.2. The van der Waals surface area contributed by atoms with Gasteiger partial charge in [-0.05, 0) is 45.2 Å². The van der Waals surface area contributed by atoms with Crippen LogP contribution in [0.3, 0.4) is 0 Å². The summed E-state index contributed by atoms with van der Waals surface area (Å²) in [5.41, 5.74) is 6.21. The van der Waals surface area contributed by atoms with Crippen LogP contribution in [0.15, 0.2) is 0 Å². The van der Waals surface area contributed by atoms with Crippen molar-refractivity contribution >= 4 is 11.8 Å². The summed E-state index contributed by atoms with van der Waals surface area (Å²) in [5, 5.41) is 0. The monoisotopic (exact) mass is 246 g/mol. The minimum atomic E-state index is 0.228. The summed E-state index contributed by atoms with van der Waals surface area (Å²) in [6.07, 6.45) is 2.75. The fourth-order valence-electron chi connectivity index (χ4n) is 2.16. The molecular formula is C12H26N2OS. The SMILES string of the molecule is CC(C)OCCN(C)C1(CN)CCSCC1. The Morgan fingerprint density at radius 1 is 1.38 bits per heavy atom. The molecule has 0 bridgehead atoms. The highest BCUT2D eigenvalue weighted by Gasteiger charge is 2.34. The number of ether oxygens (including phenoxy) is 1. The van der Waals surface area contributed by atoms with E-state index in [0.29, 0.717) is 6.10 Å². The van der Waals surface area contributed by atoms with Gasteiger partial charge >= 0.3 is 0 Å². The molecule has 2 N–H and O–H groups in total. The highest BCUT2D eigenvalue weighted by molar-refractivity contribution is 7.99. The zero-order chi connectivity index (χ0) is 12.0. The molecule has 0 aromatic carbocycles. The molecule has 16 heavy (non-hydrogen) atoms. The first kappa shape index (κ1) is 14.3. The molecule has 1 aliphatic heterocycles. The van der Waals surface area contributed by atoms with E-state index in [1.807, 2.05) is 11.8 Å². The quantitative estimate of drug-likeness (QED) is 0.772. The van der Waals surface area contributed by atoms with Crippen molar-refractivity contribution < 1.29 is 4.74 Å². The van der Waals surface area contributed by atoms with Gasteiger partial charge in [0.25, 0.3) is 0 Å². The van der Waals surface area contributed by atoms with Crippen molar-refractivity contribution in [3.8, 4) is 0 Å². The summed E-state index contributed by atoms with van der Waals surface area (Å²) in [4.78, 5) is 2.41. The lowest BCUT2D eigenvalue weighted by atomic mass is 9.90. The molecule has 1 heterocycles. The largest absolute Gasteiger partial charge is 0.377 e. The molecule has 0 unspecified atom stereocenters. The molecule has 0 amide bonds. The summed E-state index contributed by atoms with van der Waals surface area (Å²) < 4.78 is 5.61. The van der Waals surface area contributed by atoms with Gasteiger partial charge in [-0.3, -0.25) is 4.90 Å². The van der Waals surface area contributed by atoms with E-state index in [0.717, 1.165) is 19.7 Å². The van der Waals surface area contributed by atoms with E-state index in [1.165, 1.54) is 24.3 Å². The average molecular weight is 246 g/mol. The third kappa shape index (κ3) is 3.91. The van der Waals surface area contributed by atoms with Crippen LogP contribution in [-0.4, -0.2) is 54.8 Å². The Kier molecular flexibility index (Phi) is 6.11. The van der Waals surface area contributed by atoms with E-state index in [1.54, 1.807) is 0 Å². The second-order valence-electron chi connectivity index (χ2n) is 4.88. The fourth-order valence-corrected chi connectivity index (χ4v) is 3.41. The summed E-state index contributed by atoms with van der Waals surface area (Å²) in [6, 6.07) is 0. The highest BCUT2D eigenvalue weighted by Crippen LogP contribution is 2.30. The van der Waals surface area contributed by atoms with Crippen molar-refractivity contribution in [2.24, 2.45) is 5.73 Å². The Morgan fingerprint density at radius 2 is 2.00 bits per heavy atom. The molecule has 0 aromatic rings. The molecular weight excluding hydrogens is 220 g/mol. The van der Waals surface area contributed by atoms with Crippen LogP contribution in [0.1, 0.15) is 26.7 Å². The van der Waals surface area contributed by atoms with Crippen LogP contribution >= 0.6 is 11.8 Å². The normalized spacial score (nSPS) is 20.6. The van der Waals surface area contributed by atoms with Crippen molar-refractivity contribution in [1.29, 1.82) is 0 Å². The van der Waals surface area contributed by atoms with Gasteiger partial charge in [0, 0.05) is 18.6 Å². The topological polar surface area (TPSA) is 38.5 Å². The van der Waals surface area contributed by atoms with Gasteiger partial charge in [0.1, 0.15) is 0 Å². The Labute approximate surface area is 104 Å². The second kappa shape index (κ2) is 6.84. The van der Waals surface area contributed by atoms with Gasteiger partial charge in [-0.2, -0.15) is 11.8 Å². The van der Waals surface area contributed by atoms with Crippen molar-refractivity contribution in [2.75, 3.05) is 38.2 Å². The smallest absolute Gasteiger partial charge is 0.0597 e. The lowest BCUT2D eigenvalue weighted by molar-refractivity contribution is 0.0319. The van der Waals surface area contributed by atoms with Crippen LogP contribution in [0.2, 0.25) is 0 Å². The maximum atomic E-state index is 5.98. The maximum absolute atomic E-state index is 5.98. The van der Waals surface area contributed by atoms with Crippen LogP contribution in [0.25, 0.3) is 0 Å². The molecule has 0 radical (unpaired) electrons. The Bertz CT molecular complexity index is 193. The number of hydrogen-bond donors (Lipinski definition) is 1. The van der Waals surface area contributed by atoms with E-state index >= 15 is 0 Å². The van der Waals surface area contributed by atoms with Crippen LogP contribution in [-0.2, 0) is 4.74 Å². The van der Waals surface area contributed by atoms with E-state index < -0.39 is 0 Å². The predicted octanol–water partition coefficient (Wildman–Crippen LogP) is 1.57. The van der Waals surface area contributed by atoms with Crippen molar-refractivity contribution in [3.63, 3.8) is 0 Å². The molecule has 1 saturated heterocycles. The van der Waals surface area contributed by atoms with Crippen molar-refractivity contribution in [2.45, 2.75) is 38.3 Å². The number of nitrogens with two attached hydrogens (primary N) is 1. The van der Waals surface area contributed by atoms with Gasteiger partial charge in [-0.15, -0.1) is 0 Å². The van der Waals surface area contributed by atoms with E-state index in [9.17, 15) is 0 Å². The molecule has 0 aromatic heterocycles. The first-order valence-corrected chi connectivity index (χ1v) is 7.37. The summed E-state index contributed by atoms with van der Waals surface area (Å²) in [6.45, 7) is 6.72. The zero-order valence-corrected chi connectivity index (χ0v) is 11.7. The third-order valence-electron chi connectivity index (χ3n) is 3.49. The van der Waals surface area contributed by atoms with Gasteiger partial charge in [-0.1, -0.05) is 0 Å². The van der Waals surface area contributed by atoms with Crippen molar-refractivity contribution in [3.05, 3.63) is 0 Å². The number of rotatable bonds is 6. The van der Waals surface area contributed by atoms with Crippen LogP contribution < -0.4 is 5.73 Å². The molecule has 1 aliphatic rings. The summed E-state index contributed by atoms with van der Waals surface area (Å²) in [7, 11) is 2.19. The fraction of sp³-hybridized carbons (Fsp3) is 1.00. The molecule has 0 spiro atoms. The van der Waals surface area contributed by atoms with E-state index in [4.69, 9.17) is 10.5 Å². The third-order valence-corrected chi connectivity index (χ3v) is 4.48. The van der Waals surface area contributed by atoms with Gasteiger partial charge in [0.2, 0.25) is 0 Å². The van der Waals surface area contributed by atoms with Gasteiger partial charge in [-0.25, -0.2) is 0 Å². The Balaban J connectivity index is 2.39. The Hall–Kier alpha value is 0.230. The molecule has 96 valence electrons. The van der Waals surface area contributed by atoms with Crippen molar-refractivity contribution in [1.82, 2.24) is 4.90 Å². The standard InChI is InChI=1S/C12H26N2OS/c1-11(2)15-7-6-14(3)12(10-13)4-8-16-9-5-12/h11H,4-10,13H2,1-3H3. The first-order valence-electron chi connectivity index (χ1n) is 6.21. The molecule has 4 heteroatoms. The molecule has 0 atom stereocenters. The molecule has 0 saturated carbocycles. The summed E-state index contributed by atoms with van der Waals surface area (Å²) >= 11 is 2.05. The molecule has 3 nitrogen and oxygen atoms in total. The number of thioether (sulfide) groups is 1.